The number of nitrogens with one attached hydrogen (secondary N) is 4. The lowest BCUT2D eigenvalue weighted by Crippen LogP contribution is -2.57. The molecular formula is C28H43N9O7. The van der Waals surface area contributed by atoms with Crippen LogP contribution in [0.3, 0.4) is 0 Å². The summed E-state index contributed by atoms with van der Waals surface area (Å²) in [6.07, 6.45) is 2.60. The van der Waals surface area contributed by atoms with Gasteiger partial charge in [0.25, 0.3) is 0 Å². The number of amides is 3. The lowest BCUT2D eigenvalue weighted by atomic mass is 10.0. The minimum atomic E-state index is -1.48. The van der Waals surface area contributed by atoms with E-state index in [1.54, 1.807) is 6.20 Å². The van der Waals surface area contributed by atoms with Crippen molar-refractivity contribution in [3.8, 4) is 0 Å². The minimum absolute atomic E-state index is 0.0989. The fourth-order valence-corrected chi connectivity index (χ4v) is 4.51. The fourth-order valence-electron chi connectivity index (χ4n) is 4.51. The molecule has 1 aromatic carbocycles. The molecule has 0 saturated carbocycles. The molecule has 1 heterocycles. The average molecular weight is 618 g/mol. The molecule has 0 spiro atoms. The normalized spacial score (nSPS) is 13.7. The molecule has 242 valence electrons. The molecule has 0 bridgehead atoms. The first-order chi connectivity index (χ1) is 20.9. The van der Waals surface area contributed by atoms with Crippen molar-refractivity contribution >= 4 is 46.5 Å². The third-order valence-corrected chi connectivity index (χ3v) is 6.87. The number of aliphatic carboxylic acids is 2. The number of carbonyl (C=O) groups excluding carboxylic acids is 3. The molecule has 0 aliphatic carbocycles. The van der Waals surface area contributed by atoms with Gasteiger partial charge in [-0.3, -0.25) is 24.2 Å². The van der Waals surface area contributed by atoms with E-state index < -0.39 is 60.2 Å². The zero-order chi connectivity index (χ0) is 32.6. The van der Waals surface area contributed by atoms with Gasteiger partial charge in [0.15, 0.2) is 5.96 Å². The number of H-pyrrole nitrogens is 1. The van der Waals surface area contributed by atoms with Crippen LogP contribution < -0.4 is 38.9 Å². The maximum Gasteiger partial charge on any atom is 0.326 e. The number of aromatic amines is 1. The number of nitrogens with two attached hydrogens (primary N) is 4. The standard InChI is InChI=1S/C28H43N9O7/c29-12-4-3-8-20(26(42)37-22(27(43)44)10-11-23(38)39)36-25(41)21(9-5-13-33-28(31)32)35-24(40)18(30)14-16-15-34-19-7-2-1-6-17(16)19/h1-2,6-7,15,18,20-22,34H,3-5,8-14,29-30H2,(H,35,40)(H,36,41)(H,37,42)(H,38,39)(H,43,44)(H4,31,32,33). The molecule has 16 nitrogen and oxygen atoms in total. The van der Waals surface area contributed by atoms with Crippen LogP contribution in [0.4, 0.5) is 0 Å². The summed E-state index contributed by atoms with van der Waals surface area (Å²) in [5.41, 5.74) is 24.3. The number of rotatable bonds is 20. The number of nitrogens with zero attached hydrogens (tertiary/aromatic N) is 1. The quantitative estimate of drug-likeness (QED) is 0.0469. The summed E-state index contributed by atoms with van der Waals surface area (Å²) in [5, 5.41) is 26.9. The van der Waals surface area contributed by atoms with Gasteiger partial charge in [0.05, 0.1) is 6.04 Å². The lowest BCUT2D eigenvalue weighted by Gasteiger charge is -2.25. The Morgan fingerprint density at radius 1 is 0.841 bits per heavy atom. The zero-order valence-corrected chi connectivity index (χ0v) is 24.5. The van der Waals surface area contributed by atoms with E-state index in [0.717, 1.165) is 16.5 Å². The van der Waals surface area contributed by atoms with E-state index in [-0.39, 0.29) is 38.2 Å². The number of unbranched alkanes of at least 4 members (excludes halogenated alkanes) is 1. The topological polar surface area (TPSA) is 294 Å². The Labute approximate surface area is 254 Å². The van der Waals surface area contributed by atoms with Crippen molar-refractivity contribution < 1.29 is 34.2 Å². The molecule has 2 aromatic rings. The second-order valence-electron chi connectivity index (χ2n) is 10.4. The number of para-hydroxylation sites is 1. The number of guanidine groups is 1. The third-order valence-electron chi connectivity index (χ3n) is 6.87. The average Bonchev–Trinajstić information content (AvgIpc) is 3.38. The summed E-state index contributed by atoms with van der Waals surface area (Å²) in [6.45, 7) is 0.504. The van der Waals surface area contributed by atoms with E-state index >= 15 is 0 Å². The summed E-state index contributed by atoms with van der Waals surface area (Å²) in [6, 6.07) is 2.75. The third kappa shape index (κ3) is 11.9. The first-order valence-electron chi connectivity index (χ1n) is 14.3. The van der Waals surface area contributed by atoms with Crippen LogP contribution in [0.25, 0.3) is 10.9 Å². The van der Waals surface area contributed by atoms with Crippen LogP contribution in [0, 0.1) is 0 Å². The maximum atomic E-state index is 13.4. The van der Waals surface area contributed by atoms with E-state index in [1.807, 2.05) is 24.3 Å². The molecule has 0 fully saturated rings. The first-order valence-corrected chi connectivity index (χ1v) is 14.3. The molecule has 16 heteroatoms. The Hall–Kier alpha value is -4.70. The van der Waals surface area contributed by atoms with Crippen molar-refractivity contribution in [2.75, 3.05) is 13.1 Å². The smallest absolute Gasteiger partial charge is 0.326 e. The SMILES string of the molecule is NCCCCC(NC(=O)C(CCCN=C(N)N)NC(=O)C(N)Cc1c[nH]c2ccccc12)C(=O)NC(CCC(=O)O)C(=O)O. The van der Waals surface area contributed by atoms with E-state index in [0.29, 0.717) is 25.8 Å². The summed E-state index contributed by atoms with van der Waals surface area (Å²) in [5.74, 6) is -4.88. The second-order valence-corrected chi connectivity index (χ2v) is 10.4. The van der Waals surface area contributed by atoms with E-state index in [4.69, 9.17) is 28.0 Å². The number of fused-ring (bicyclic) bond motifs is 1. The summed E-state index contributed by atoms with van der Waals surface area (Å²) >= 11 is 0. The fraction of sp³-hybridized carbons (Fsp3) is 0.500. The van der Waals surface area contributed by atoms with Crippen molar-refractivity contribution in [2.24, 2.45) is 27.9 Å². The van der Waals surface area contributed by atoms with Crippen molar-refractivity contribution in [1.29, 1.82) is 0 Å². The Balaban J connectivity index is 2.18. The van der Waals surface area contributed by atoms with Gasteiger partial charge in [-0.25, -0.2) is 4.79 Å². The summed E-state index contributed by atoms with van der Waals surface area (Å²) < 4.78 is 0. The molecule has 2 rings (SSSR count). The molecule has 3 amide bonds. The molecule has 0 aliphatic heterocycles. The van der Waals surface area contributed by atoms with Gasteiger partial charge in [0.1, 0.15) is 18.1 Å². The predicted octanol–water partition coefficient (Wildman–Crippen LogP) is -1.38. The number of benzene rings is 1. The number of aromatic nitrogens is 1. The van der Waals surface area contributed by atoms with Gasteiger partial charge in [0, 0.05) is 30.1 Å². The lowest BCUT2D eigenvalue weighted by molar-refractivity contribution is -0.143. The maximum absolute atomic E-state index is 13.4. The van der Waals surface area contributed by atoms with E-state index in [9.17, 15) is 29.1 Å². The molecule has 4 atom stereocenters. The highest BCUT2D eigenvalue weighted by molar-refractivity contribution is 5.94. The van der Waals surface area contributed by atoms with Gasteiger partial charge in [-0.1, -0.05) is 18.2 Å². The van der Waals surface area contributed by atoms with Crippen LogP contribution in [0.2, 0.25) is 0 Å². The Bertz CT molecular complexity index is 1310. The van der Waals surface area contributed by atoms with Crippen molar-refractivity contribution in [3.63, 3.8) is 0 Å². The van der Waals surface area contributed by atoms with Crippen LogP contribution in [0.15, 0.2) is 35.5 Å². The van der Waals surface area contributed by atoms with Crippen LogP contribution in [-0.2, 0) is 30.4 Å². The predicted molar refractivity (Wildman–Crippen MR) is 163 cm³/mol. The number of hydrogen-bond acceptors (Lipinski definition) is 8. The van der Waals surface area contributed by atoms with Crippen LogP contribution >= 0.6 is 0 Å². The van der Waals surface area contributed by atoms with E-state index in [2.05, 4.69) is 25.9 Å². The zero-order valence-electron chi connectivity index (χ0n) is 24.5. The van der Waals surface area contributed by atoms with Crippen molar-refractivity contribution in [2.45, 2.75) is 75.5 Å². The van der Waals surface area contributed by atoms with Gasteiger partial charge < -0.3 is 54.1 Å². The number of carboxylic acids is 2. The molecule has 44 heavy (non-hydrogen) atoms. The second kappa shape index (κ2) is 18.1. The minimum Gasteiger partial charge on any atom is -0.481 e. The number of aliphatic imine (C=N–C) groups is 1. The Kier molecular flexibility index (Phi) is 14.6. The highest BCUT2D eigenvalue weighted by atomic mass is 16.4. The Morgan fingerprint density at radius 2 is 1.45 bits per heavy atom. The first kappa shape index (κ1) is 35.5. The van der Waals surface area contributed by atoms with E-state index in [1.165, 1.54) is 0 Å². The van der Waals surface area contributed by atoms with Gasteiger partial charge >= 0.3 is 11.9 Å². The number of carbonyl (C=O) groups is 5. The number of hydrogen-bond donors (Lipinski definition) is 10. The van der Waals surface area contributed by atoms with Crippen LogP contribution in [0.1, 0.15) is 50.5 Å². The Morgan fingerprint density at radius 3 is 2.07 bits per heavy atom. The molecule has 1 aromatic heterocycles. The number of carboxylic acid groups (broad SMARTS) is 2. The van der Waals surface area contributed by atoms with Crippen LogP contribution in [-0.4, -0.2) is 88.1 Å². The van der Waals surface area contributed by atoms with Gasteiger partial charge in [-0.05, 0) is 63.1 Å². The molecule has 14 N–H and O–H groups in total. The monoisotopic (exact) mass is 617 g/mol. The molecule has 0 aliphatic rings. The summed E-state index contributed by atoms with van der Waals surface area (Å²) in [7, 11) is 0. The van der Waals surface area contributed by atoms with Gasteiger partial charge in [-0.2, -0.15) is 0 Å². The highest BCUT2D eigenvalue weighted by Gasteiger charge is 2.30. The van der Waals surface area contributed by atoms with Crippen molar-refractivity contribution in [3.05, 3.63) is 36.0 Å². The van der Waals surface area contributed by atoms with Crippen molar-refractivity contribution in [1.82, 2.24) is 20.9 Å². The molecule has 0 radical (unpaired) electrons. The molecular weight excluding hydrogens is 574 g/mol. The van der Waals surface area contributed by atoms with Crippen LogP contribution in [0.5, 0.6) is 0 Å². The molecule has 4 unspecified atom stereocenters. The largest absolute Gasteiger partial charge is 0.481 e. The highest BCUT2D eigenvalue weighted by Crippen LogP contribution is 2.19. The van der Waals surface area contributed by atoms with Gasteiger partial charge in [0.2, 0.25) is 17.7 Å². The molecule has 0 saturated heterocycles. The summed E-state index contributed by atoms with van der Waals surface area (Å²) in [4.78, 5) is 69.2. The van der Waals surface area contributed by atoms with Gasteiger partial charge in [-0.15, -0.1) is 0 Å².